The molecular formula is C5H2ClFN2O2. The quantitative estimate of drug-likeness (QED) is 0.372. The van der Waals surface area contributed by atoms with Gasteiger partial charge in [0, 0.05) is 6.07 Å². The molecule has 4 nitrogen and oxygen atoms in total. The molecule has 0 unspecified atom stereocenters. The molecule has 0 amide bonds. The third-order valence-corrected chi connectivity index (χ3v) is 1.20. The second-order valence-corrected chi connectivity index (χ2v) is 2.09. The summed E-state index contributed by atoms with van der Waals surface area (Å²) in [6.07, 6.45) is 0. The number of nitro groups is 1. The van der Waals surface area contributed by atoms with Crippen LogP contribution in [0.15, 0.2) is 12.1 Å². The lowest BCUT2D eigenvalue weighted by atomic mass is 10.4. The summed E-state index contributed by atoms with van der Waals surface area (Å²) in [7, 11) is 0. The molecule has 11 heavy (non-hydrogen) atoms. The third kappa shape index (κ3) is 1.62. The van der Waals surface area contributed by atoms with Crippen molar-refractivity contribution in [3.8, 4) is 0 Å². The highest BCUT2D eigenvalue weighted by molar-refractivity contribution is 6.29. The molecule has 1 rings (SSSR count). The van der Waals surface area contributed by atoms with Crippen LogP contribution < -0.4 is 0 Å². The number of halogens is 2. The monoisotopic (exact) mass is 176 g/mol. The van der Waals surface area contributed by atoms with E-state index in [4.69, 9.17) is 11.6 Å². The van der Waals surface area contributed by atoms with Crippen LogP contribution in [0, 0.1) is 16.1 Å². The molecule has 0 aromatic carbocycles. The maximum Gasteiger partial charge on any atom is 0.324 e. The SMILES string of the molecule is O=[N+]([O-])c1ccc(Cl)nc1F. The predicted molar refractivity (Wildman–Crippen MR) is 35.9 cm³/mol. The Balaban J connectivity index is 3.20. The molecule has 0 spiro atoms. The lowest BCUT2D eigenvalue weighted by molar-refractivity contribution is -0.388. The van der Waals surface area contributed by atoms with E-state index in [2.05, 4.69) is 4.98 Å². The molecule has 0 aliphatic heterocycles. The highest BCUT2D eigenvalue weighted by atomic mass is 35.5. The highest BCUT2D eigenvalue weighted by Gasteiger charge is 2.14. The average Bonchev–Trinajstić information content (AvgIpc) is 1.85. The Hall–Kier alpha value is -1.23. The molecule has 0 atom stereocenters. The summed E-state index contributed by atoms with van der Waals surface area (Å²) < 4.78 is 12.5. The van der Waals surface area contributed by atoms with Crippen LogP contribution in [0.1, 0.15) is 0 Å². The van der Waals surface area contributed by atoms with Gasteiger partial charge in [-0.2, -0.15) is 4.39 Å². The second kappa shape index (κ2) is 2.79. The number of aromatic nitrogens is 1. The smallest absolute Gasteiger partial charge is 0.258 e. The van der Waals surface area contributed by atoms with E-state index in [1.165, 1.54) is 0 Å². The van der Waals surface area contributed by atoms with E-state index in [1.54, 1.807) is 0 Å². The first kappa shape index (κ1) is 7.87. The zero-order valence-corrected chi connectivity index (χ0v) is 5.88. The Bertz CT molecular complexity index is 305. The molecule has 0 radical (unpaired) electrons. The van der Waals surface area contributed by atoms with Crippen molar-refractivity contribution < 1.29 is 9.31 Å². The summed E-state index contributed by atoms with van der Waals surface area (Å²) in [4.78, 5) is 12.2. The van der Waals surface area contributed by atoms with Gasteiger partial charge < -0.3 is 0 Å². The standard InChI is InChI=1S/C5H2ClFN2O2/c6-4-2-1-3(9(10)11)5(7)8-4/h1-2H. The van der Waals surface area contributed by atoms with Gasteiger partial charge in [0.15, 0.2) is 0 Å². The van der Waals surface area contributed by atoms with Gasteiger partial charge in [-0.1, -0.05) is 11.6 Å². The van der Waals surface area contributed by atoms with Crippen LogP contribution in [0.4, 0.5) is 10.1 Å². The van der Waals surface area contributed by atoms with E-state index in [0.29, 0.717) is 0 Å². The Kier molecular flexibility index (Phi) is 2.00. The summed E-state index contributed by atoms with van der Waals surface area (Å²) in [5.41, 5.74) is -0.672. The van der Waals surface area contributed by atoms with E-state index >= 15 is 0 Å². The Morgan fingerprint density at radius 2 is 2.27 bits per heavy atom. The Morgan fingerprint density at radius 1 is 1.64 bits per heavy atom. The Labute approximate surface area is 65.8 Å². The number of hydrogen-bond acceptors (Lipinski definition) is 3. The fourth-order valence-corrected chi connectivity index (χ4v) is 0.678. The zero-order valence-electron chi connectivity index (χ0n) is 5.12. The van der Waals surface area contributed by atoms with E-state index in [1.807, 2.05) is 0 Å². The van der Waals surface area contributed by atoms with Gasteiger partial charge in [0.1, 0.15) is 5.15 Å². The second-order valence-electron chi connectivity index (χ2n) is 1.70. The van der Waals surface area contributed by atoms with Gasteiger partial charge in [-0.25, -0.2) is 4.98 Å². The minimum atomic E-state index is -1.16. The van der Waals surface area contributed by atoms with Gasteiger partial charge in [0.05, 0.1) is 4.92 Å². The van der Waals surface area contributed by atoms with Gasteiger partial charge in [0.2, 0.25) is 0 Å². The number of hydrogen-bond donors (Lipinski definition) is 0. The van der Waals surface area contributed by atoms with Crippen LogP contribution in [0.3, 0.4) is 0 Å². The maximum absolute atomic E-state index is 12.5. The molecule has 0 aliphatic carbocycles. The number of nitrogens with zero attached hydrogens (tertiary/aromatic N) is 2. The van der Waals surface area contributed by atoms with Crippen molar-refractivity contribution in [1.82, 2.24) is 4.98 Å². The largest absolute Gasteiger partial charge is 0.324 e. The van der Waals surface area contributed by atoms with E-state index < -0.39 is 16.6 Å². The van der Waals surface area contributed by atoms with Crippen molar-refractivity contribution in [2.45, 2.75) is 0 Å². The van der Waals surface area contributed by atoms with Crippen LogP contribution in [0.2, 0.25) is 5.15 Å². The van der Waals surface area contributed by atoms with Crippen molar-refractivity contribution in [3.63, 3.8) is 0 Å². The van der Waals surface area contributed by atoms with E-state index in [0.717, 1.165) is 12.1 Å². The highest BCUT2D eigenvalue weighted by Crippen LogP contribution is 2.16. The summed E-state index contributed by atoms with van der Waals surface area (Å²) in [5, 5.41) is 9.91. The fourth-order valence-electron chi connectivity index (χ4n) is 0.541. The van der Waals surface area contributed by atoms with Crippen molar-refractivity contribution >= 4 is 17.3 Å². The topological polar surface area (TPSA) is 56.0 Å². The Morgan fingerprint density at radius 3 is 2.73 bits per heavy atom. The molecule has 1 aromatic rings. The van der Waals surface area contributed by atoms with E-state index in [9.17, 15) is 14.5 Å². The molecule has 1 aromatic heterocycles. The van der Waals surface area contributed by atoms with Crippen LogP contribution in [-0.2, 0) is 0 Å². The maximum atomic E-state index is 12.5. The summed E-state index contributed by atoms with van der Waals surface area (Å²) in [6.45, 7) is 0. The van der Waals surface area contributed by atoms with Crippen molar-refractivity contribution in [1.29, 1.82) is 0 Å². The van der Waals surface area contributed by atoms with Crippen LogP contribution in [-0.4, -0.2) is 9.91 Å². The predicted octanol–water partition coefficient (Wildman–Crippen LogP) is 1.78. The minimum absolute atomic E-state index is 0.104. The average molecular weight is 177 g/mol. The van der Waals surface area contributed by atoms with Crippen LogP contribution in [0.25, 0.3) is 0 Å². The molecule has 0 saturated carbocycles. The summed E-state index contributed by atoms with van der Waals surface area (Å²) >= 11 is 5.25. The lowest BCUT2D eigenvalue weighted by Gasteiger charge is -1.91. The van der Waals surface area contributed by atoms with Gasteiger partial charge in [-0.15, -0.1) is 0 Å². The molecule has 0 bridgehead atoms. The molecule has 0 N–H and O–H groups in total. The molecule has 1 heterocycles. The molecular weight excluding hydrogens is 175 g/mol. The van der Waals surface area contributed by atoms with E-state index in [-0.39, 0.29) is 5.15 Å². The number of pyridine rings is 1. The van der Waals surface area contributed by atoms with Gasteiger partial charge in [-0.05, 0) is 6.07 Å². The molecule has 58 valence electrons. The van der Waals surface area contributed by atoms with Gasteiger partial charge in [0.25, 0.3) is 5.95 Å². The third-order valence-electron chi connectivity index (χ3n) is 0.992. The van der Waals surface area contributed by atoms with Crippen molar-refractivity contribution in [2.24, 2.45) is 0 Å². The first-order chi connectivity index (χ1) is 5.11. The van der Waals surface area contributed by atoms with Gasteiger partial charge >= 0.3 is 5.69 Å². The van der Waals surface area contributed by atoms with Gasteiger partial charge in [-0.3, -0.25) is 10.1 Å². The summed E-state index contributed by atoms with van der Waals surface area (Å²) in [5.74, 6) is -1.16. The molecule has 0 aliphatic rings. The molecule has 0 saturated heterocycles. The number of rotatable bonds is 1. The lowest BCUT2D eigenvalue weighted by Crippen LogP contribution is -1.94. The van der Waals surface area contributed by atoms with Crippen molar-refractivity contribution in [3.05, 3.63) is 33.3 Å². The first-order valence-electron chi connectivity index (χ1n) is 2.57. The van der Waals surface area contributed by atoms with Crippen LogP contribution >= 0.6 is 11.6 Å². The zero-order chi connectivity index (χ0) is 8.43. The summed E-state index contributed by atoms with van der Waals surface area (Å²) in [6, 6.07) is 2.12. The molecule has 0 fully saturated rings. The minimum Gasteiger partial charge on any atom is -0.258 e. The van der Waals surface area contributed by atoms with Crippen LogP contribution in [0.5, 0.6) is 0 Å². The normalized spacial score (nSPS) is 9.64. The fraction of sp³-hybridized carbons (Fsp3) is 0. The van der Waals surface area contributed by atoms with Crippen molar-refractivity contribution in [2.75, 3.05) is 0 Å². The first-order valence-corrected chi connectivity index (χ1v) is 2.95. The molecule has 6 heteroatoms.